The highest BCUT2D eigenvalue weighted by Gasteiger charge is 2.32. The van der Waals surface area contributed by atoms with Gasteiger partial charge in [0.1, 0.15) is 0 Å². The molecule has 0 nitrogen and oxygen atoms in total. The van der Waals surface area contributed by atoms with E-state index in [9.17, 15) is 0 Å². The molecule has 0 N–H and O–H groups in total. The van der Waals surface area contributed by atoms with Gasteiger partial charge in [-0.2, -0.15) is 0 Å². The minimum absolute atomic E-state index is 1.24. The van der Waals surface area contributed by atoms with Crippen LogP contribution in [0, 0.1) is 0 Å². The van der Waals surface area contributed by atoms with Crippen LogP contribution in [0.15, 0.2) is 170 Å². The maximum absolute atomic E-state index is 2.41. The van der Waals surface area contributed by atoms with E-state index in [-0.39, 0.29) is 0 Å². The van der Waals surface area contributed by atoms with Crippen molar-refractivity contribution in [2.24, 2.45) is 0 Å². The number of benzene rings is 10. The number of rotatable bonds is 2. The summed E-state index contributed by atoms with van der Waals surface area (Å²) >= 11 is 0. The molecule has 0 heterocycles. The highest BCUT2D eigenvalue weighted by Crippen LogP contribution is 2.60. The van der Waals surface area contributed by atoms with E-state index in [0.29, 0.717) is 0 Å². The van der Waals surface area contributed by atoms with Crippen molar-refractivity contribution in [3.8, 4) is 44.5 Å². The molecule has 10 aromatic rings. The lowest BCUT2D eigenvalue weighted by Gasteiger charge is -2.24. The van der Waals surface area contributed by atoms with Gasteiger partial charge in [0, 0.05) is 0 Å². The lowest BCUT2D eigenvalue weighted by molar-refractivity contribution is 1.63. The highest BCUT2D eigenvalue weighted by atomic mass is 14.3. The lowest BCUT2D eigenvalue weighted by atomic mass is 9.78. The van der Waals surface area contributed by atoms with Crippen LogP contribution in [-0.4, -0.2) is 0 Å². The van der Waals surface area contributed by atoms with Gasteiger partial charge in [-0.3, -0.25) is 0 Å². The molecule has 0 spiro atoms. The smallest absolute Gasteiger partial charge is 0.0000933 e. The Balaban J connectivity index is 1.51. The molecular formula is C48H28. The quantitative estimate of drug-likeness (QED) is 0.172. The second-order valence-electron chi connectivity index (χ2n) is 13.1. The highest BCUT2D eigenvalue weighted by molar-refractivity contribution is 6.41. The van der Waals surface area contributed by atoms with Crippen LogP contribution in [0.4, 0.5) is 0 Å². The normalized spacial score (nSPS) is 12.2. The molecule has 0 bridgehead atoms. The summed E-state index contributed by atoms with van der Waals surface area (Å²) in [6, 6.07) is 63.3. The van der Waals surface area contributed by atoms with Gasteiger partial charge in [-0.05, 0) is 115 Å². The minimum Gasteiger partial charge on any atom is -0.0622 e. The molecule has 0 amide bonds. The zero-order valence-corrected chi connectivity index (χ0v) is 26.2. The van der Waals surface area contributed by atoms with Crippen molar-refractivity contribution in [2.45, 2.75) is 0 Å². The van der Waals surface area contributed by atoms with Gasteiger partial charge in [-0.25, -0.2) is 0 Å². The average Bonchev–Trinajstić information content (AvgIpc) is 3.49. The van der Waals surface area contributed by atoms with Crippen molar-refractivity contribution in [3.05, 3.63) is 170 Å². The first kappa shape index (κ1) is 25.9. The molecule has 0 unspecified atom stereocenters. The first-order valence-electron chi connectivity index (χ1n) is 16.8. The molecule has 10 aromatic carbocycles. The second-order valence-corrected chi connectivity index (χ2v) is 13.1. The van der Waals surface area contributed by atoms with E-state index >= 15 is 0 Å². The van der Waals surface area contributed by atoms with E-state index in [1.807, 2.05) is 0 Å². The monoisotopic (exact) mass is 604 g/mol. The lowest BCUT2D eigenvalue weighted by Crippen LogP contribution is -1.97. The van der Waals surface area contributed by atoms with Crippen molar-refractivity contribution in [1.29, 1.82) is 0 Å². The number of hydrogen-bond donors (Lipinski definition) is 0. The Hall–Kier alpha value is -6.24. The van der Waals surface area contributed by atoms with Gasteiger partial charge in [0.2, 0.25) is 0 Å². The summed E-state index contributed by atoms with van der Waals surface area (Å²) in [7, 11) is 0. The van der Waals surface area contributed by atoms with E-state index < -0.39 is 0 Å². The van der Waals surface area contributed by atoms with Crippen molar-refractivity contribution in [3.63, 3.8) is 0 Å². The second kappa shape index (κ2) is 9.64. The molecule has 0 fully saturated rings. The van der Waals surface area contributed by atoms with Gasteiger partial charge in [0.05, 0.1) is 0 Å². The number of hydrogen-bond acceptors (Lipinski definition) is 0. The molecule has 0 atom stereocenters. The molecule has 1 aliphatic carbocycles. The van der Waals surface area contributed by atoms with Crippen LogP contribution in [0.3, 0.4) is 0 Å². The summed E-state index contributed by atoms with van der Waals surface area (Å²) < 4.78 is 0. The first-order chi connectivity index (χ1) is 23.8. The summed E-state index contributed by atoms with van der Waals surface area (Å²) in [5.41, 5.74) is 10.4. The Morgan fingerprint density at radius 3 is 1.65 bits per heavy atom. The van der Waals surface area contributed by atoms with Gasteiger partial charge in [0.15, 0.2) is 0 Å². The van der Waals surface area contributed by atoms with E-state index in [0.717, 1.165) is 0 Å². The molecule has 0 saturated heterocycles. The van der Waals surface area contributed by atoms with E-state index in [2.05, 4.69) is 170 Å². The van der Waals surface area contributed by atoms with Crippen LogP contribution >= 0.6 is 0 Å². The van der Waals surface area contributed by atoms with Gasteiger partial charge < -0.3 is 0 Å². The van der Waals surface area contributed by atoms with Gasteiger partial charge in [0.25, 0.3) is 0 Å². The number of fused-ring (bicyclic) bond motifs is 13. The van der Waals surface area contributed by atoms with E-state index in [4.69, 9.17) is 0 Å². The third kappa shape index (κ3) is 3.39. The third-order valence-corrected chi connectivity index (χ3v) is 10.7. The molecule has 220 valence electrons. The summed E-state index contributed by atoms with van der Waals surface area (Å²) in [5.74, 6) is 0. The van der Waals surface area contributed by atoms with Crippen LogP contribution in [0.25, 0.3) is 109 Å². The van der Waals surface area contributed by atoms with Gasteiger partial charge >= 0.3 is 0 Å². The van der Waals surface area contributed by atoms with E-state index in [1.54, 1.807) is 0 Å². The Morgan fingerprint density at radius 1 is 0.229 bits per heavy atom. The predicted octanol–water partition coefficient (Wildman–Crippen LogP) is 13.6. The fourth-order valence-corrected chi connectivity index (χ4v) is 8.79. The first-order valence-corrected chi connectivity index (χ1v) is 16.8. The maximum atomic E-state index is 2.41. The Kier molecular flexibility index (Phi) is 5.20. The van der Waals surface area contributed by atoms with Crippen molar-refractivity contribution in [2.75, 3.05) is 0 Å². The predicted molar refractivity (Wildman–Crippen MR) is 207 cm³/mol. The molecule has 0 radical (unpaired) electrons. The van der Waals surface area contributed by atoms with Crippen molar-refractivity contribution in [1.82, 2.24) is 0 Å². The van der Waals surface area contributed by atoms with Gasteiger partial charge in [-0.1, -0.05) is 164 Å². The minimum atomic E-state index is 1.24. The van der Waals surface area contributed by atoms with Crippen LogP contribution in [0.1, 0.15) is 0 Å². The largest absolute Gasteiger partial charge is 0.0622 e. The van der Waals surface area contributed by atoms with Crippen molar-refractivity contribution >= 4 is 64.6 Å². The van der Waals surface area contributed by atoms with Crippen LogP contribution < -0.4 is 0 Å². The molecule has 1 aliphatic rings. The summed E-state index contributed by atoms with van der Waals surface area (Å²) in [4.78, 5) is 0. The fraction of sp³-hybridized carbons (Fsp3) is 0. The third-order valence-electron chi connectivity index (χ3n) is 10.7. The van der Waals surface area contributed by atoms with Gasteiger partial charge in [-0.15, -0.1) is 0 Å². The molecule has 0 aliphatic heterocycles. The summed E-state index contributed by atoms with van der Waals surface area (Å²) in [5, 5.41) is 15.6. The SMILES string of the molecule is c1ccc(-c2c(-c3ccc4ccccc4c3)c3c(c4c2c2ccccc2c2ccc5ccccc5c24)-c2cccc4cccc-3c24)cc1. The molecule has 0 heteroatoms. The fourth-order valence-electron chi connectivity index (χ4n) is 8.79. The molecule has 0 aromatic heterocycles. The molecule has 11 rings (SSSR count). The Labute approximate surface area is 278 Å². The molecular weight excluding hydrogens is 577 g/mol. The Morgan fingerprint density at radius 2 is 0.833 bits per heavy atom. The van der Waals surface area contributed by atoms with Crippen LogP contribution in [0.5, 0.6) is 0 Å². The zero-order chi connectivity index (χ0) is 31.3. The summed E-state index contributed by atoms with van der Waals surface area (Å²) in [6.07, 6.45) is 0. The average molecular weight is 605 g/mol. The van der Waals surface area contributed by atoms with Crippen molar-refractivity contribution < 1.29 is 0 Å². The summed E-state index contributed by atoms with van der Waals surface area (Å²) in [6.45, 7) is 0. The van der Waals surface area contributed by atoms with E-state index in [1.165, 1.54) is 109 Å². The topological polar surface area (TPSA) is 0 Å². The van der Waals surface area contributed by atoms with Crippen LogP contribution in [-0.2, 0) is 0 Å². The zero-order valence-electron chi connectivity index (χ0n) is 26.2. The van der Waals surface area contributed by atoms with Crippen LogP contribution in [0.2, 0.25) is 0 Å². The Bertz CT molecular complexity index is 2980. The standard InChI is InChI=1S/C48H28/c1-2-14-32(15-3-1)42-43(34-25-24-29-12-4-5-16-33(29)28-34)46-39-22-10-17-31-18-11-23-40(41(31)39)47(46)48-44-35-19-7-6-13-30(35)26-27-38(44)36-20-8-9-21-37(36)45(42)48/h1-28H. The molecule has 48 heavy (non-hydrogen) atoms. The maximum Gasteiger partial charge on any atom is -0.0000933 e. The molecule has 0 saturated carbocycles.